The first kappa shape index (κ1) is 19.4. The number of amides is 2. The lowest BCUT2D eigenvalue weighted by Crippen LogP contribution is -2.50. The zero-order valence-electron chi connectivity index (χ0n) is 17.1. The fourth-order valence-corrected chi connectivity index (χ4v) is 5.12. The zero-order chi connectivity index (χ0) is 19.5. The Balaban J connectivity index is 1.25. The van der Waals surface area contributed by atoms with Gasteiger partial charge in [-0.3, -0.25) is 9.59 Å². The highest BCUT2D eigenvalue weighted by Gasteiger charge is 2.33. The van der Waals surface area contributed by atoms with Crippen LogP contribution < -0.4 is 0 Å². The number of hydrogen-bond acceptors (Lipinski definition) is 3. The van der Waals surface area contributed by atoms with Crippen LogP contribution in [0.4, 0.5) is 0 Å². The number of benzene rings is 1. The normalized spacial score (nSPS) is 22.6. The molecular weight excluding hydrogens is 350 g/mol. The van der Waals surface area contributed by atoms with E-state index >= 15 is 0 Å². The van der Waals surface area contributed by atoms with E-state index in [1.807, 2.05) is 36.1 Å². The Morgan fingerprint density at radius 3 is 2.11 bits per heavy atom. The van der Waals surface area contributed by atoms with Crippen LogP contribution in [-0.4, -0.2) is 71.8 Å². The third-order valence-electron chi connectivity index (χ3n) is 6.94. The number of carbonyl (C=O) groups excluding carboxylic acids is 2. The monoisotopic (exact) mass is 383 g/mol. The molecule has 3 heterocycles. The highest BCUT2D eigenvalue weighted by Crippen LogP contribution is 2.27. The standard InChI is InChI=1S/C23H33N3O2/c1-18-6-2-3-7-21(18)23(28)26-16-10-20(11-17-26)24-14-8-19(9-15-24)22(27)25-12-4-5-13-25/h2-3,6-7,19-20H,4-5,8-17H2,1H3. The average Bonchev–Trinajstić information content (AvgIpc) is 3.28. The fourth-order valence-electron chi connectivity index (χ4n) is 5.12. The Morgan fingerprint density at radius 2 is 1.46 bits per heavy atom. The summed E-state index contributed by atoms with van der Waals surface area (Å²) in [5, 5.41) is 0. The van der Waals surface area contributed by atoms with E-state index in [4.69, 9.17) is 0 Å². The number of aryl methyl sites for hydroxylation is 1. The van der Waals surface area contributed by atoms with Crippen molar-refractivity contribution in [2.45, 2.75) is 51.5 Å². The van der Waals surface area contributed by atoms with Gasteiger partial charge in [-0.1, -0.05) is 18.2 Å². The first-order chi connectivity index (χ1) is 13.6. The van der Waals surface area contributed by atoms with Crippen LogP contribution in [0.5, 0.6) is 0 Å². The molecule has 4 rings (SSSR count). The smallest absolute Gasteiger partial charge is 0.254 e. The van der Waals surface area contributed by atoms with Gasteiger partial charge < -0.3 is 14.7 Å². The van der Waals surface area contributed by atoms with E-state index in [9.17, 15) is 9.59 Å². The number of likely N-dealkylation sites (tertiary alicyclic amines) is 3. The van der Waals surface area contributed by atoms with Gasteiger partial charge in [0.1, 0.15) is 0 Å². The number of rotatable bonds is 3. The molecule has 152 valence electrons. The van der Waals surface area contributed by atoms with E-state index in [-0.39, 0.29) is 11.8 Å². The first-order valence-corrected chi connectivity index (χ1v) is 11.0. The number of nitrogens with zero attached hydrogens (tertiary/aromatic N) is 3. The molecule has 5 nitrogen and oxygen atoms in total. The van der Waals surface area contributed by atoms with Crippen molar-refractivity contribution in [3.05, 3.63) is 35.4 Å². The molecule has 0 saturated carbocycles. The zero-order valence-corrected chi connectivity index (χ0v) is 17.1. The van der Waals surface area contributed by atoms with Crippen molar-refractivity contribution in [1.82, 2.24) is 14.7 Å². The van der Waals surface area contributed by atoms with Gasteiger partial charge in [0, 0.05) is 43.7 Å². The number of carbonyl (C=O) groups is 2. The molecule has 2 amide bonds. The molecule has 0 N–H and O–H groups in total. The van der Waals surface area contributed by atoms with Crippen LogP contribution in [0.1, 0.15) is 54.4 Å². The van der Waals surface area contributed by atoms with Gasteiger partial charge in [0.05, 0.1) is 0 Å². The van der Waals surface area contributed by atoms with Crippen molar-refractivity contribution < 1.29 is 9.59 Å². The summed E-state index contributed by atoms with van der Waals surface area (Å²) in [6.07, 6.45) is 6.43. The average molecular weight is 384 g/mol. The molecule has 1 aromatic rings. The van der Waals surface area contributed by atoms with Gasteiger partial charge >= 0.3 is 0 Å². The van der Waals surface area contributed by atoms with Gasteiger partial charge in [-0.05, 0) is 70.2 Å². The molecule has 3 aliphatic rings. The van der Waals surface area contributed by atoms with Gasteiger partial charge in [-0.2, -0.15) is 0 Å². The maximum atomic E-state index is 12.8. The molecule has 0 unspecified atom stereocenters. The van der Waals surface area contributed by atoms with E-state index in [1.165, 1.54) is 12.8 Å². The van der Waals surface area contributed by atoms with E-state index in [1.54, 1.807) is 0 Å². The predicted octanol–water partition coefficient (Wildman–Crippen LogP) is 2.93. The van der Waals surface area contributed by atoms with Crippen molar-refractivity contribution in [1.29, 1.82) is 0 Å². The number of piperidine rings is 2. The van der Waals surface area contributed by atoms with Crippen molar-refractivity contribution in [2.24, 2.45) is 5.92 Å². The van der Waals surface area contributed by atoms with Gasteiger partial charge in [0.25, 0.3) is 5.91 Å². The van der Waals surface area contributed by atoms with Crippen LogP contribution in [0, 0.1) is 12.8 Å². The minimum absolute atomic E-state index is 0.173. The Labute approximate surface area is 168 Å². The third-order valence-corrected chi connectivity index (χ3v) is 6.94. The van der Waals surface area contributed by atoms with Crippen LogP contribution in [0.3, 0.4) is 0 Å². The molecule has 0 aromatic heterocycles. The van der Waals surface area contributed by atoms with E-state index < -0.39 is 0 Å². The molecule has 0 bridgehead atoms. The highest BCUT2D eigenvalue weighted by molar-refractivity contribution is 5.95. The molecule has 5 heteroatoms. The van der Waals surface area contributed by atoms with Crippen molar-refractivity contribution in [3.63, 3.8) is 0 Å². The lowest BCUT2D eigenvalue weighted by molar-refractivity contribution is -0.136. The van der Waals surface area contributed by atoms with E-state index in [2.05, 4.69) is 9.80 Å². The summed E-state index contributed by atoms with van der Waals surface area (Å²) in [7, 11) is 0. The summed E-state index contributed by atoms with van der Waals surface area (Å²) >= 11 is 0. The topological polar surface area (TPSA) is 43.9 Å². The Kier molecular flexibility index (Phi) is 6.00. The van der Waals surface area contributed by atoms with Crippen LogP contribution in [-0.2, 0) is 4.79 Å². The summed E-state index contributed by atoms with van der Waals surface area (Å²) in [6.45, 7) is 7.67. The van der Waals surface area contributed by atoms with E-state index in [0.29, 0.717) is 11.9 Å². The Morgan fingerprint density at radius 1 is 0.821 bits per heavy atom. The van der Waals surface area contributed by atoms with Crippen LogP contribution in [0.25, 0.3) is 0 Å². The molecule has 0 aliphatic carbocycles. The summed E-state index contributed by atoms with van der Waals surface area (Å²) < 4.78 is 0. The second kappa shape index (κ2) is 8.64. The summed E-state index contributed by atoms with van der Waals surface area (Å²) in [5.74, 6) is 0.805. The fraction of sp³-hybridized carbons (Fsp3) is 0.652. The second-order valence-electron chi connectivity index (χ2n) is 8.68. The molecule has 0 spiro atoms. The second-order valence-corrected chi connectivity index (χ2v) is 8.68. The van der Waals surface area contributed by atoms with Crippen LogP contribution >= 0.6 is 0 Å². The first-order valence-electron chi connectivity index (χ1n) is 11.0. The predicted molar refractivity (Wildman–Crippen MR) is 110 cm³/mol. The molecule has 3 fully saturated rings. The van der Waals surface area contributed by atoms with Crippen molar-refractivity contribution >= 4 is 11.8 Å². The van der Waals surface area contributed by atoms with Gasteiger partial charge in [-0.15, -0.1) is 0 Å². The molecule has 3 saturated heterocycles. The number of hydrogen-bond donors (Lipinski definition) is 0. The summed E-state index contributed by atoms with van der Waals surface area (Å²) in [6, 6.07) is 8.43. The van der Waals surface area contributed by atoms with E-state index in [0.717, 1.165) is 76.1 Å². The van der Waals surface area contributed by atoms with Gasteiger partial charge in [0.15, 0.2) is 0 Å². The quantitative estimate of drug-likeness (QED) is 0.806. The molecule has 3 aliphatic heterocycles. The molecule has 0 atom stereocenters. The lowest BCUT2D eigenvalue weighted by atomic mass is 9.92. The summed E-state index contributed by atoms with van der Waals surface area (Å²) in [5.41, 5.74) is 1.89. The molecule has 0 radical (unpaired) electrons. The highest BCUT2D eigenvalue weighted by atomic mass is 16.2. The van der Waals surface area contributed by atoms with Crippen LogP contribution in [0.15, 0.2) is 24.3 Å². The van der Waals surface area contributed by atoms with Gasteiger partial charge in [0.2, 0.25) is 5.91 Å². The minimum atomic E-state index is 0.173. The van der Waals surface area contributed by atoms with Crippen molar-refractivity contribution in [3.8, 4) is 0 Å². The Hall–Kier alpha value is -1.88. The van der Waals surface area contributed by atoms with Gasteiger partial charge in [-0.25, -0.2) is 0 Å². The SMILES string of the molecule is Cc1ccccc1C(=O)N1CCC(N2CCC(C(=O)N3CCCC3)CC2)CC1. The molecule has 28 heavy (non-hydrogen) atoms. The Bertz CT molecular complexity index is 698. The summed E-state index contributed by atoms with van der Waals surface area (Å²) in [4.78, 5) is 32.1. The lowest BCUT2D eigenvalue weighted by Gasteiger charge is -2.42. The van der Waals surface area contributed by atoms with Crippen molar-refractivity contribution in [2.75, 3.05) is 39.3 Å². The molecule has 1 aromatic carbocycles. The molecular formula is C23H33N3O2. The third kappa shape index (κ3) is 4.09. The largest absolute Gasteiger partial charge is 0.342 e. The maximum Gasteiger partial charge on any atom is 0.254 e. The minimum Gasteiger partial charge on any atom is -0.342 e. The maximum absolute atomic E-state index is 12.8. The van der Waals surface area contributed by atoms with Crippen LogP contribution in [0.2, 0.25) is 0 Å².